The van der Waals surface area contributed by atoms with Gasteiger partial charge in [-0.2, -0.15) is 13.2 Å². The fraction of sp³-hybridized carbons (Fsp3) is 0.579. The van der Waals surface area contributed by atoms with E-state index in [1.165, 1.54) is 0 Å². The third kappa shape index (κ3) is 7.20. The summed E-state index contributed by atoms with van der Waals surface area (Å²) in [4.78, 5) is 11.7. The number of hydrogen-bond donors (Lipinski definition) is 3. The van der Waals surface area contributed by atoms with Gasteiger partial charge >= 0.3 is 6.18 Å². The van der Waals surface area contributed by atoms with Crippen LogP contribution in [-0.2, 0) is 12.7 Å². The topological polar surface area (TPSA) is 100 Å². The Labute approximate surface area is 173 Å². The van der Waals surface area contributed by atoms with Crippen molar-refractivity contribution in [1.29, 1.82) is 0 Å². The zero-order chi connectivity index (χ0) is 22.0. The van der Waals surface area contributed by atoms with Crippen LogP contribution in [-0.4, -0.2) is 40.7 Å². The first-order valence-electron chi connectivity index (χ1n) is 9.99. The molecule has 0 unspecified atom stereocenters. The third-order valence-electron chi connectivity index (χ3n) is 4.36. The maximum Gasteiger partial charge on any atom is 0.433 e. The monoisotopic (exact) mass is 427 g/mol. The van der Waals surface area contributed by atoms with E-state index in [1.54, 1.807) is 0 Å². The first-order chi connectivity index (χ1) is 14.4. The van der Waals surface area contributed by atoms with Crippen LogP contribution in [0.2, 0.25) is 0 Å². The zero-order valence-electron chi connectivity index (χ0n) is 17.4. The highest BCUT2D eigenvalue weighted by Crippen LogP contribution is 2.27. The molecule has 0 radical (unpaired) electrons. The molecule has 0 saturated heterocycles. The molecular weight excluding hydrogens is 399 g/mol. The molecule has 2 aromatic heterocycles. The van der Waals surface area contributed by atoms with Gasteiger partial charge in [-0.25, -0.2) is 15.0 Å². The maximum absolute atomic E-state index is 12.7. The second-order valence-electron chi connectivity index (χ2n) is 6.54. The number of alkyl halides is 3. The van der Waals surface area contributed by atoms with E-state index < -0.39 is 11.9 Å². The molecule has 0 amide bonds. The van der Waals surface area contributed by atoms with Crippen LogP contribution in [0.3, 0.4) is 0 Å². The van der Waals surface area contributed by atoms with Crippen LogP contribution in [0.1, 0.15) is 56.7 Å². The Morgan fingerprint density at radius 1 is 1.17 bits per heavy atom. The van der Waals surface area contributed by atoms with E-state index in [0.717, 1.165) is 30.8 Å². The van der Waals surface area contributed by atoms with Crippen molar-refractivity contribution in [3.05, 3.63) is 35.5 Å². The molecule has 0 aliphatic carbocycles. The van der Waals surface area contributed by atoms with E-state index in [-0.39, 0.29) is 5.95 Å². The summed E-state index contributed by atoms with van der Waals surface area (Å²) in [6.07, 6.45) is -1.43. The van der Waals surface area contributed by atoms with E-state index >= 15 is 0 Å². The molecule has 0 bridgehead atoms. The van der Waals surface area contributed by atoms with Crippen LogP contribution in [0.25, 0.3) is 0 Å². The van der Waals surface area contributed by atoms with Gasteiger partial charge in [-0.05, 0) is 25.8 Å². The number of hydrogen-bond acceptors (Lipinski definition) is 6. The molecular formula is C19H28F3N7O. The fourth-order valence-electron chi connectivity index (χ4n) is 2.76. The highest BCUT2D eigenvalue weighted by atomic mass is 19.4. The Morgan fingerprint density at radius 2 is 1.93 bits per heavy atom. The predicted octanol–water partition coefficient (Wildman–Crippen LogP) is 3.55. The summed E-state index contributed by atoms with van der Waals surface area (Å²) in [6.45, 7) is 7.87. The highest BCUT2D eigenvalue weighted by Gasteiger charge is 2.32. The van der Waals surface area contributed by atoms with Crippen molar-refractivity contribution in [3.63, 3.8) is 0 Å². The summed E-state index contributed by atoms with van der Waals surface area (Å²) in [5.74, 6) is 1.53. The molecule has 0 fully saturated rings. The van der Waals surface area contributed by atoms with E-state index in [2.05, 4.69) is 49.9 Å². The molecule has 11 heteroatoms. The molecule has 2 heterocycles. The molecule has 0 atom stereocenters. The number of nitrogens with one attached hydrogen (secondary N) is 3. The van der Waals surface area contributed by atoms with Gasteiger partial charge in [-0.1, -0.05) is 19.0 Å². The number of halogens is 3. The minimum absolute atomic E-state index is 0.0795. The number of aromatic nitrogens is 3. The fourth-order valence-corrected chi connectivity index (χ4v) is 2.76. The zero-order valence-corrected chi connectivity index (χ0v) is 17.4. The van der Waals surface area contributed by atoms with Gasteiger partial charge in [0.25, 0.3) is 0 Å². The second-order valence-corrected chi connectivity index (χ2v) is 6.54. The molecule has 2 rings (SSSR count). The van der Waals surface area contributed by atoms with Crippen LogP contribution in [0.5, 0.6) is 0 Å². The molecule has 8 nitrogen and oxygen atoms in total. The van der Waals surface area contributed by atoms with Crippen molar-refractivity contribution in [1.82, 2.24) is 25.8 Å². The van der Waals surface area contributed by atoms with Gasteiger partial charge in [-0.3, -0.25) is 0 Å². The van der Waals surface area contributed by atoms with Crippen LogP contribution >= 0.6 is 0 Å². The number of guanidine groups is 1. The van der Waals surface area contributed by atoms with Gasteiger partial charge < -0.3 is 20.5 Å². The lowest BCUT2D eigenvalue weighted by Crippen LogP contribution is -2.39. The highest BCUT2D eigenvalue weighted by molar-refractivity contribution is 5.79. The number of rotatable bonds is 10. The van der Waals surface area contributed by atoms with Crippen LogP contribution in [0.4, 0.5) is 19.1 Å². The molecule has 0 spiro atoms. The summed E-state index contributed by atoms with van der Waals surface area (Å²) in [5, 5.41) is 13.1. The van der Waals surface area contributed by atoms with Gasteiger partial charge in [0, 0.05) is 37.8 Å². The molecule has 0 aliphatic rings. The third-order valence-corrected chi connectivity index (χ3v) is 4.36. The van der Waals surface area contributed by atoms with Crippen molar-refractivity contribution in [3.8, 4) is 0 Å². The lowest BCUT2D eigenvalue weighted by atomic mass is 9.99. The molecule has 2 aromatic rings. The number of anilines is 1. The summed E-state index contributed by atoms with van der Waals surface area (Å²) >= 11 is 0. The summed E-state index contributed by atoms with van der Waals surface area (Å²) in [5.41, 5.74) is -0.0453. The van der Waals surface area contributed by atoms with Gasteiger partial charge in [0.1, 0.15) is 12.2 Å². The Bertz CT molecular complexity index is 803. The average molecular weight is 427 g/mol. The second kappa shape index (κ2) is 11.4. The summed E-state index contributed by atoms with van der Waals surface area (Å²) < 4.78 is 43.4. The Hall–Kier alpha value is -2.85. The molecule has 3 N–H and O–H groups in total. The number of nitrogens with zero attached hydrogens (tertiary/aromatic N) is 4. The van der Waals surface area contributed by atoms with Gasteiger partial charge in [0.15, 0.2) is 11.7 Å². The SMILES string of the molecule is CCNC(=NCc1cc(C(CC)CC)no1)NCCNc1nccc(C(F)(F)F)n1. The van der Waals surface area contributed by atoms with E-state index in [4.69, 9.17) is 4.52 Å². The Morgan fingerprint density at radius 3 is 2.60 bits per heavy atom. The number of aliphatic imine (C=N–C) groups is 1. The Kier molecular flexibility index (Phi) is 8.88. The summed E-state index contributed by atoms with van der Waals surface area (Å²) in [7, 11) is 0. The minimum Gasteiger partial charge on any atom is -0.359 e. The molecule has 0 saturated carbocycles. The Balaban J connectivity index is 1.86. The largest absolute Gasteiger partial charge is 0.433 e. The molecule has 166 valence electrons. The smallest absolute Gasteiger partial charge is 0.359 e. The standard InChI is InChI=1S/C19H28F3N7O/c1-4-13(5-2)15-11-14(30-29-15)12-27-17(23-6-3)25-9-10-26-18-24-8-7-16(28-18)19(20,21)22/h7-8,11,13H,4-6,9-10,12H2,1-3H3,(H2,23,25,27)(H,24,26,28). The lowest BCUT2D eigenvalue weighted by Gasteiger charge is -2.12. The molecule has 30 heavy (non-hydrogen) atoms. The van der Waals surface area contributed by atoms with E-state index in [1.807, 2.05) is 13.0 Å². The maximum atomic E-state index is 12.7. The van der Waals surface area contributed by atoms with Crippen molar-refractivity contribution < 1.29 is 17.7 Å². The van der Waals surface area contributed by atoms with Crippen molar-refractivity contribution >= 4 is 11.9 Å². The normalized spacial score (nSPS) is 12.3. The first-order valence-corrected chi connectivity index (χ1v) is 9.99. The molecule has 0 aromatic carbocycles. The van der Waals surface area contributed by atoms with Gasteiger partial charge in [0.2, 0.25) is 5.95 Å². The average Bonchev–Trinajstić information content (AvgIpc) is 3.18. The van der Waals surface area contributed by atoms with Gasteiger partial charge in [0.05, 0.1) is 5.69 Å². The van der Waals surface area contributed by atoms with Crippen LogP contribution in [0, 0.1) is 0 Å². The van der Waals surface area contributed by atoms with Crippen molar-refractivity contribution in [2.24, 2.45) is 4.99 Å². The predicted molar refractivity (Wildman–Crippen MR) is 108 cm³/mol. The van der Waals surface area contributed by atoms with Crippen LogP contribution in [0.15, 0.2) is 27.8 Å². The lowest BCUT2D eigenvalue weighted by molar-refractivity contribution is -0.141. The quantitative estimate of drug-likeness (QED) is 0.303. The summed E-state index contributed by atoms with van der Waals surface area (Å²) in [6, 6.07) is 2.76. The van der Waals surface area contributed by atoms with E-state index in [9.17, 15) is 13.2 Å². The minimum atomic E-state index is -4.50. The molecule has 0 aliphatic heterocycles. The first kappa shape index (κ1) is 23.4. The van der Waals surface area contributed by atoms with Crippen LogP contribution < -0.4 is 16.0 Å². The van der Waals surface area contributed by atoms with Crippen molar-refractivity contribution in [2.75, 3.05) is 25.0 Å². The van der Waals surface area contributed by atoms with Crippen molar-refractivity contribution in [2.45, 2.75) is 52.3 Å². The van der Waals surface area contributed by atoms with Gasteiger partial charge in [-0.15, -0.1) is 0 Å². The van der Waals surface area contributed by atoms with E-state index in [0.29, 0.717) is 43.8 Å².